The molecule has 5 N–H and O–H groups in total. The number of aliphatic hydroxyl groups excluding tert-OH is 1. The fourth-order valence-electron chi connectivity index (χ4n) is 1.70. The van der Waals surface area contributed by atoms with E-state index in [1.165, 1.54) is 0 Å². The first-order valence-electron chi connectivity index (χ1n) is 5.88. The summed E-state index contributed by atoms with van der Waals surface area (Å²) in [5.41, 5.74) is 6.17. The van der Waals surface area contributed by atoms with Crippen LogP contribution in [-0.4, -0.2) is 28.3 Å². The summed E-state index contributed by atoms with van der Waals surface area (Å²) in [5.74, 6) is 0.157. The second-order valence-electron chi connectivity index (χ2n) is 4.95. The van der Waals surface area contributed by atoms with Crippen LogP contribution in [0, 0.1) is 0 Å². The van der Waals surface area contributed by atoms with Crippen molar-refractivity contribution >= 4 is 5.84 Å². The lowest BCUT2D eigenvalue weighted by Gasteiger charge is -2.30. The van der Waals surface area contributed by atoms with Gasteiger partial charge in [-0.25, -0.2) is 0 Å². The number of hydrogen-bond donors (Lipinski definition) is 4. The third kappa shape index (κ3) is 4.35. The van der Waals surface area contributed by atoms with Gasteiger partial charge in [0.05, 0.1) is 6.61 Å². The van der Waals surface area contributed by atoms with Gasteiger partial charge in [-0.1, -0.05) is 35.5 Å². The summed E-state index contributed by atoms with van der Waals surface area (Å²) < 4.78 is 0. The van der Waals surface area contributed by atoms with Crippen LogP contribution in [0.4, 0.5) is 0 Å². The van der Waals surface area contributed by atoms with Gasteiger partial charge in [0.1, 0.15) is 5.84 Å². The highest BCUT2D eigenvalue weighted by Crippen LogP contribution is 2.20. The number of hydrogen-bond acceptors (Lipinski definition) is 4. The molecule has 0 fully saturated rings. The van der Waals surface area contributed by atoms with E-state index in [4.69, 9.17) is 10.9 Å². The summed E-state index contributed by atoms with van der Waals surface area (Å²) in [6.07, 6.45) is 0.379. The molecule has 1 aromatic carbocycles. The maximum absolute atomic E-state index is 9.31. The van der Waals surface area contributed by atoms with Crippen molar-refractivity contribution in [3.05, 3.63) is 35.9 Å². The van der Waals surface area contributed by atoms with Gasteiger partial charge in [0, 0.05) is 18.0 Å². The SMILES string of the molecule is CC(C)(CO)NC(C/C(N)=N/O)c1ccccc1. The first-order chi connectivity index (χ1) is 8.48. The molecule has 0 bridgehead atoms. The number of amidine groups is 1. The van der Waals surface area contributed by atoms with Gasteiger partial charge >= 0.3 is 0 Å². The molecule has 0 aromatic heterocycles. The van der Waals surface area contributed by atoms with Crippen LogP contribution >= 0.6 is 0 Å². The second-order valence-corrected chi connectivity index (χ2v) is 4.95. The van der Waals surface area contributed by atoms with Crippen LogP contribution in [0.3, 0.4) is 0 Å². The van der Waals surface area contributed by atoms with Crippen molar-refractivity contribution in [1.82, 2.24) is 5.32 Å². The molecule has 5 nitrogen and oxygen atoms in total. The van der Waals surface area contributed by atoms with Gasteiger partial charge in [-0.2, -0.15) is 0 Å². The Hall–Kier alpha value is -1.59. The summed E-state index contributed by atoms with van der Waals surface area (Å²) in [6, 6.07) is 9.63. The second kappa shape index (κ2) is 6.37. The Morgan fingerprint density at radius 3 is 2.50 bits per heavy atom. The van der Waals surface area contributed by atoms with Gasteiger partial charge < -0.3 is 21.4 Å². The van der Waals surface area contributed by atoms with Gasteiger partial charge in [-0.15, -0.1) is 0 Å². The predicted octanol–water partition coefficient (Wildman–Crippen LogP) is 1.22. The molecule has 0 heterocycles. The molecule has 1 unspecified atom stereocenters. The van der Waals surface area contributed by atoms with Crippen molar-refractivity contribution in [1.29, 1.82) is 0 Å². The summed E-state index contributed by atoms with van der Waals surface area (Å²) in [7, 11) is 0. The quantitative estimate of drug-likeness (QED) is 0.265. The number of nitrogens with two attached hydrogens (primary N) is 1. The lowest BCUT2D eigenvalue weighted by atomic mass is 9.98. The topological polar surface area (TPSA) is 90.9 Å². The highest BCUT2D eigenvalue weighted by molar-refractivity contribution is 5.80. The van der Waals surface area contributed by atoms with Crippen LogP contribution in [0.15, 0.2) is 35.5 Å². The summed E-state index contributed by atoms with van der Waals surface area (Å²) in [6.45, 7) is 3.80. The third-order valence-corrected chi connectivity index (χ3v) is 2.70. The first kappa shape index (κ1) is 14.5. The van der Waals surface area contributed by atoms with Gasteiger partial charge in [0.25, 0.3) is 0 Å². The molecule has 1 rings (SSSR count). The Bertz CT molecular complexity index is 390. The zero-order chi connectivity index (χ0) is 13.6. The molecule has 1 aromatic rings. The molecule has 100 valence electrons. The molecular weight excluding hydrogens is 230 g/mol. The monoisotopic (exact) mass is 251 g/mol. The third-order valence-electron chi connectivity index (χ3n) is 2.70. The zero-order valence-electron chi connectivity index (χ0n) is 10.8. The van der Waals surface area contributed by atoms with Crippen molar-refractivity contribution in [2.45, 2.75) is 31.8 Å². The van der Waals surface area contributed by atoms with Gasteiger partial charge in [-0.05, 0) is 19.4 Å². The molecule has 0 amide bonds. The number of benzene rings is 1. The van der Waals surface area contributed by atoms with Crippen LogP contribution in [0.25, 0.3) is 0 Å². The fourth-order valence-corrected chi connectivity index (χ4v) is 1.70. The highest BCUT2D eigenvalue weighted by Gasteiger charge is 2.23. The fraction of sp³-hybridized carbons (Fsp3) is 0.462. The average molecular weight is 251 g/mol. The number of aliphatic hydroxyl groups is 1. The van der Waals surface area contributed by atoms with E-state index in [0.29, 0.717) is 6.42 Å². The summed E-state index contributed by atoms with van der Waals surface area (Å²) in [4.78, 5) is 0. The minimum atomic E-state index is -0.434. The molecule has 0 aliphatic heterocycles. The van der Waals surface area contributed by atoms with E-state index in [9.17, 15) is 5.11 Å². The standard InChI is InChI=1S/C13H21N3O2/c1-13(2,9-17)15-11(8-12(14)16-18)10-6-4-3-5-7-10/h3-7,11,15,17-18H,8-9H2,1-2H3,(H2,14,16). The van der Waals surface area contributed by atoms with Crippen molar-refractivity contribution in [3.63, 3.8) is 0 Å². The van der Waals surface area contributed by atoms with E-state index >= 15 is 0 Å². The Morgan fingerprint density at radius 2 is 2.00 bits per heavy atom. The van der Waals surface area contributed by atoms with E-state index in [1.54, 1.807) is 0 Å². The molecule has 0 saturated heterocycles. The smallest absolute Gasteiger partial charge is 0.141 e. The van der Waals surface area contributed by atoms with Gasteiger partial charge in [0.15, 0.2) is 0 Å². The minimum absolute atomic E-state index is 0.00645. The Kier molecular flexibility index (Phi) is 5.12. The highest BCUT2D eigenvalue weighted by atomic mass is 16.4. The molecule has 0 aliphatic carbocycles. The van der Waals surface area contributed by atoms with E-state index < -0.39 is 5.54 Å². The van der Waals surface area contributed by atoms with Crippen LogP contribution in [0.2, 0.25) is 0 Å². The predicted molar refractivity (Wildman–Crippen MR) is 71.5 cm³/mol. The first-order valence-corrected chi connectivity index (χ1v) is 5.88. The van der Waals surface area contributed by atoms with E-state index in [-0.39, 0.29) is 18.5 Å². The number of nitrogens with zero attached hydrogens (tertiary/aromatic N) is 1. The van der Waals surface area contributed by atoms with Crippen molar-refractivity contribution < 1.29 is 10.3 Å². The van der Waals surface area contributed by atoms with E-state index in [0.717, 1.165) is 5.56 Å². The molecule has 1 atom stereocenters. The molecular formula is C13H21N3O2. The molecule has 0 radical (unpaired) electrons. The number of nitrogens with one attached hydrogen (secondary N) is 1. The summed E-state index contributed by atoms with van der Waals surface area (Å²) >= 11 is 0. The largest absolute Gasteiger partial charge is 0.409 e. The van der Waals surface area contributed by atoms with Gasteiger partial charge in [0.2, 0.25) is 0 Å². The lowest BCUT2D eigenvalue weighted by molar-refractivity contribution is 0.175. The van der Waals surface area contributed by atoms with Crippen LogP contribution in [0.1, 0.15) is 31.9 Å². The van der Waals surface area contributed by atoms with Crippen molar-refractivity contribution in [2.75, 3.05) is 6.61 Å². The Morgan fingerprint density at radius 1 is 1.39 bits per heavy atom. The van der Waals surface area contributed by atoms with E-state index in [2.05, 4.69) is 10.5 Å². The zero-order valence-corrected chi connectivity index (χ0v) is 10.8. The maximum Gasteiger partial charge on any atom is 0.141 e. The molecule has 0 aliphatic rings. The van der Waals surface area contributed by atoms with Crippen LogP contribution in [0.5, 0.6) is 0 Å². The lowest BCUT2D eigenvalue weighted by Crippen LogP contribution is -2.45. The van der Waals surface area contributed by atoms with Crippen LogP contribution in [-0.2, 0) is 0 Å². The molecule has 0 spiro atoms. The normalized spacial score (nSPS) is 14.5. The average Bonchev–Trinajstić information content (AvgIpc) is 2.38. The molecule has 18 heavy (non-hydrogen) atoms. The molecule has 0 saturated carbocycles. The number of oxime groups is 1. The molecule has 5 heteroatoms. The van der Waals surface area contributed by atoms with Crippen molar-refractivity contribution in [2.24, 2.45) is 10.9 Å². The van der Waals surface area contributed by atoms with E-state index in [1.807, 2.05) is 44.2 Å². The van der Waals surface area contributed by atoms with Crippen molar-refractivity contribution in [3.8, 4) is 0 Å². The minimum Gasteiger partial charge on any atom is -0.409 e. The maximum atomic E-state index is 9.31. The van der Waals surface area contributed by atoms with Crippen LogP contribution < -0.4 is 11.1 Å². The summed E-state index contributed by atoms with van der Waals surface area (Å²) in [5, 5.41) is 24.3. The Labute approximate surface area is 107 Å². The Balaban J connectivity index is 2.89. The van der Waals surface area contributed by atoms with Gasteiger partial charge in [-0.3, -0.25) is 0 Å². The number of rotatable bonds is 6.